The highest BCUT2D eigenvalue weighted by molar-refractivity contribution is 5.87. The number of likely N-dealkylation sites (tertiary alicyclic amines) is 1. The third-order valence-corrected chi connectivity index (χ3v) is 2.75. The molecule has 1 rings (SSSR count). The second-order valence-electron chi connectivity index (χ2n) is 4.16. The molecule has 0 radical (unpaired) electrons. The molecule has 0 atom stereocenters. The van der Waals surface area contributed by atoms with Gasteiger partial charge in [0.2, 0.25) is 5.91 Å². The smallest absolute Gasteiger partial charge is 0.246 e. The van der Waals surface area contributed by atoms with Gasteiger partial charge in [-0.15, -0.1) is 6.42 Å². The molecule has 0 aromatic rings. The SMILES string of the molecule is C#CC#CCCC=CC=CC(=O)N1CCCCC1. The summed E-state index contributed by atoms with van der Waals surface area (Å²) in [5.41, 5.74) is 0. The van der Waals surface area contributed by atoms with Crippen LogP contribution >= 0.6 is 0 Å². The second-order valence-corrected chi connectivity index (χ2v) is 4.16. The van der Waals surface area contributed by atoms with Gasteiger partial charge in [-0.1, -0.05) is 24.1 Å². The lowest BCUT2D eigenvalue weighted by molar-refractivity contribution is -0.126. The van der Waals surface area contributed by atoms with E-state index in [9.17, 15) is 4.79 Å². The van der Waals surface area contributed by atoms with Crippen molar-refractivity contribution in [1.29, 1.82) is 0 Å². The summed E-state index contributed by atoms with van der Waals surface area (Å²) in [5.74, 6) is 7.80. The van der Waals surface area contributed by atoms with E-state index in [1.165, 1.54) is 6.42 Å². The van der Waals surface area contributed by atoms with Crippen LogP contribution in [0.5, 0.6) is 0 Å². The molecule has 1 aliphatic heterocycles. The maximum absolute atomic E-state index is 11.7. The van der Waals surface area contributed by atoms with Crippen molar-refractivity contribution >= 4 is 5.91 Å². The van der Waals surface area contributed by atoms with Gasteiger partial charge in [0.25, 0.3) is 0 Å². The minimum atomic E-state index is 0.117. The third-order valence-electron chi connectivity index (χ3n) is 2.75. The Morgan fingerprint density at radius 2 is 2.00 bits per heavy atom. The first-order valence-corrected chi connectivity index (χ1v) is 6.40. The second kappa shape index (κ2) is 9.14. The number of piperidine rings is 1. The number of rotatable bonds is 4. The van der Waals surface area contributed by atoms with E-state index in [1.807, 2.05) is 17.1 Å². The largest absolute Gasteiger partial charge is 0.339 e. The third kappa shape index (κ3) is 5.97. The van der Waals surface area contributed by atoms with Crippen molar-refractivity contribution in [1.82, 2.24) is 4.90 Å². The zero-order chi connectivity index (χ0) is 13.1. The molecule has 0 aromatic carbocycles. The molecule has 18 heavy (non-hydrogen) atoms. The fourth-order valence-corrected chi connectivity index (χ4v) is 1.80. The minimum Gasteiger partial charge on any atom is -0.339 e. The van der Waals surface area contributed by atoms with Gasteiger partial charge in [0.05, 0.1) is 0 Å². The molecule has 1 aliphatic rings. The highest BCUT2D eigenvalue weighted by Crippen LogP contribution is 2.08. The molecule has 0 saturated carbocycles. The van der Waals surface area contributed by atoms with Gasteiger partial charge in [0.1, 0.15) is 0 Å². The number of terminal acetylenes is 1. The molecule has 1 amide bonds. The molecular formula is C16H19NO. The summed E-state index contributed by atoms with van der Waals surface area (Å²) in [6.45, 7) is 1.79. The summed E-state index contributed by atoms with van der Waals surface area (Å²) >= 11 is 0. The molecule has 94 valence electrons. The van der Waals surface area contributed by atoms with Crippen LogP contribution in [0.3, 0.4) is 0 Å². The van der Waals surface area contributed by atoms with Crippen molar-refractivity contribution in [2.75, 3.05) is 13.1 Å². The predicted molar refractivity (Wildman–Crippen MR) is 74.6 cm³/mol. The lowest BCUT2D eigenvalue weighted by atomic mass is 10.1. The topological polar surface area (TPSA) is 20.3 Å². The maximum atomic E-state index is 11.7. The van der Waals surface area contributed by atoms with Crippen molar-refractivity contribution in [2.45, 2.75) is 32.1 Å². The molecule has 1 saturated heterocycles. The van der Waals surface area contributed by atoms with Gasteiger partial charge in [0, 0.05) is 25.6 Å². The van der Waals surface area contributed by atoms with Crippen LogP contribution in [0.1, 0.15) is 32.1 Å². The van der Waals surface area contributed by atoms with Gasteiger partial charge < -0.3 is 4.90 Å². The van der Waals surface area contributed by atoms with Crippen LogP contribution in [-0.4, -0.2) is 23.9 Å². The molecular weight excluding hydrogens is 222 g/mol. The average Bonchev–Trinajstić information content (AvgIpc) is 2.42. The van der Waals surface area contributed by atoms with E-state index in [-0.39, 0.29) is 5.91 Å². The number of unbranched alkanes of at least 4 members (excludes halogenated alkanes) is 1. The van der Waals surface area contributed by atoms with Gasteiger partial charge in [-0.05, 0) is 37.5 Å². The van der Waals surface area contributed by atoms with Crippen LogP contribution in [0.15, 0.2) is 24.3 Å². The van der Waals surface area contributed by atoms with Gasteiger partial charge in [0.15, 0.2) is 0 Å². The highest BCUT2D eigenvalue weighted by Gasteiger charge is 2.12. The summed E-state index contributed by atoms with van der Waals surface area (Å²) in [4.78, 5) is 13.6. The van der Waals surface area contributed by atoms with Gasteiger partial charge in [-0.25, -0.2) is 0 Å². The number of carbonyl (C=O) groups is 1. The normalized spacial score (nSPS) is 15.4. The Kier molecular flexibility index (Phi) is 7.17. The standard InChI is InChI=1S/C16H19NO/c1-2-3-4-5-6-7-8-10-13-16(18)17-14-11-9-12-15-17/h1,7-8,10,13H,5-6,9,11-12,14-15H2. The Hall–Kier alpha value is -1.93. The van der Waals surface area contributed by atoms with Crippen LogP contribution in [-0.2, 0) is 4.79 Å². The number of hydrogen-bond acceptors (Lipinski definition) is 1. The number of nitrogens with zero attached hydrogens (tertiary/aromatic N) is 1. The van der Waals surface area contributed by atoms with Crippen molar-refractivity contribution in [2.24, 2.45) is 0 Å². The van der Waals surface area contributed by atoms with E-state index in [0.29, 0.717) is 0 Å². The number of carbonyl (C=O) groups excluding carboxylic acids is 1. The Morgan fingerprint density at radius 1 is 1.22 bits per heavy atom. The summed E-state index contributed by atoms with van der Waals surface area (Å²) in [6.07, 6.45) is 17.4. The first-order valence-electron chi connectivity index (χ1n) is 6.40. The molecule has 1 heterocycles. The van der Waals surface area contributed by atoms with Crippen molar-refractivity contribution in [3.63, 3.8) is 0 Å². The van der Waals surface area contributed by atoms with E-state index in [4.69, 9.17) is 6.42 Å². The molecule has 0 unspecified atom stereocenters. The molecule has 0 aromatic heterocycles. The Bertz CT molecular complexity index is 409. The van der Waals surface area contributed by atoms with Crippen molar-refractivity contribution in [3.8, 4) is 24.2 Å². The van der Waals surface area contributed by atoms with E-state index < -0.39 is 0 Å². The summed E-state index contributed by atoms with van der Waals surface area (Å²) < 4.78 is 0. The predicted octanol–water partition coefficient (Wildman–Crippen LogP) is 2.53. The van der Waals surface area contributed by atoms with Crippen molar-refractivity contribution < 1.29 is 4.79 Å². The average molecular weight is 241 g/mol. The van der Waals surface area contributed by atoms with Crippen LogP contribution in [0, 0.1) is 24.2 Å². The van der Waals surface area contributed by atoms with E-state index in [2.05, 4.69) is 17.8 Å². The molecule has 0 bridgehead atoms. The first-order chi connectivity index (χ1) is 8.84. The summed E-state index contributed by atoms with van der Waals surface area (Å²) in [6, 6.07) is 0. The molecule has 0 aliphatic carbocycles. The Balaban J connectivity index is 2.21. The number of allylic oxidation sites excluding steroid dienone is 3. The van der Waals surface area contributed by atoms with E-state index in [0.717, 1.165) is 38.8 Å². The molecule has 0 N–H and O–H groups in total. The first kappa shape index (κ1) is 14.1. The molecule has 2 nitrogen and oxygen atoms in total. The summed E-state index contributed by atoms with van der Waals surface area (Å²) in [5, 5.41) is 0. The molecule has 1 fully saturated rings. The fraction of sp³-hybridized carbons (Fsp3) is 0.438. The fourth-order valence-electron chi connectivity index (χ4n) is 1.80. The molecule has 2 heteroatoms. The quantitative estimate of drug-likeness (QED) is 0.320. The van der Waals surface area contributed by atoms with Gasteiger partial charge in [-0.3, -0.25) is 4.79 Å². The lowest BCUT2D eigenvalue weighted by Crippen LogP contribution is -2.34. The van der Waals surface area contributed by atoms with Gasteiger partial charge in [-0.2, -0.15) is 0 Å². The minimum absolute atomic E-state index is 0.117. The highest BCUT2D eigenvalue weighted by atomic mass is 16.2. The van der Waals surface area contributed by atoms with Crippen molar-refractivity contribution in [3.05, 3.63) is 24.3 Å². The zero-order valence-electron chi connectivity index (χ0n) is 10.7. The van der Waals surface area contributed by atoms with Crippen LogP contribution in [0.4, 0.5) is 0 Å². The lowest BCUT2D eigenvalue weighted by Gasteiger charge is -2.25. The monoisotopic (exact) mass is 241 g/mol. The van der Waals surface area contributed by atoms with Crippen LogP contribution < -0.4 is 0 Å². The van der Waals surface area contributed by atoms with Crippen LogP contribution in [0.2, 0.25) is 0 Å². The number of hydrogen-bond donors (Lipinski definition) is 0. The Morgan fingerprint density at radius 3 is 2.72 bits per heavy atom. The number of amides is 1. The Labute approximate surface area is 110 Å². The maximum Gasteiger partial charge on any atom is 0.246 e. The van der Waals surface area contributed by atoms with E-state index >= 15 is 0 Å². The zero-order valence-corrected chi connectivity index (χ0v) is 10.7. The van der Waals surface area contributed by atoms with Crippen LogP contribution in [0.25, 0.3) is 0 Å². The summed E-state index contributed by atoms with van der Waals surface area (Å²) in [7, 11) is 0. The van der Waals surface area contributed by atoms with E-state index in [1.54, 1.807) is 12.2 Å². The van der Waals surface area contributed by atoms with Gasteiger partial charge >= 0.3 is 0 Å². The molecule has 0 spiro atoms.